The molecule has 1 saturated heterocycles. The van der Waals surface area contributed by atoms with Crippen molar-refractivity contribution < 1.29 is 4.74 Å². The molecule has 1 aliphatic heterocycles. The van der Waals surface area contributed by atoms with Gasteiger partial charge in [0.2, 0.25) is 0 Å². The van der Waals surface area contributed by atoms with E-state index in [9.17, 15) is 0 Å². The lowest BCUT2D eigenvalue weighted by Gasteiger charge is -2.26. The topological polar surface area (TPSA) is 12.5 Å². The zero-order chi connectivity index (χ0) is 10.3. The molecule has 1 aromatic carbocycles. The van der Waals surface area contributed by atoms with Gasteiger partial charge in [0, 0.05) is 12.6 Å². The summed E-state index contributed by atoms with van der Waals surface area (Å²) in [7, 11) is 0. The molecule has 2 heteroatoms. The summed E-state index contributed by atoms with van der Waals surface area (Å²) in [5.74, 6) is 0.856. The Labute approximate surface area is 91.9 Å². The second-order valence-corrected chi connectivity index (χ2v) is 3.98. The molecule has 0 N–H and O–H groups in total. The molecule has 0 atom stereocenters. The Balaban J connectivity index is 1.66. The number of ether oxygens (including phenoxy) is 1. The van der Waals surface area contributed by atoms with Gasteiger partial charge in [-0.15, -0.1) is 0 Å². The van der Waals surface area contributed by atoms with Gasteiger partial charge in [-0.3, -0.25) is 4.90 Å². The summed E-state index contributed by atoms with van der Waals surface area (Å²) in [6.07, 6.45) is 4.08. The summed E-state index contributed by atoms with van der Waals surface area (Å²) >= 11 is 0. The highest BCUT2D eigenvalue weighted by Gasteiger charge is 2.09. The van der Waals surface area contributed by atoms with Gasteiger partial charge in [-0.2, -0.15) is 0 Å². The number of hydrogen-bond acceptors (Lipinski definition) is 2. The summed E-state index contributed by atoms with van der Waals surface area (Å²) < 4.78 is 5.61. The van der Waals surface area contributed by atoms with Gasteiger partial charge >= 0.3 is 0 Å². The third-order valence-corrected chi connectivity index (χ3v) is 2.79. The lowest BCUT2D eigenvalue weighted by molar-refractivity contribution is 0.183. The molecule has 0 aliphatic carbocycles. The second-order valence-electron chi connectivity index (χ2n) is 3.98. The van der Waals surface area contributed by atoms with Crippen LogP contribution in [0.3, 0.4) is 0 Å². The molecule has 2 rings (SSSR count). The van der Waals surface area contributed by atoms with Crippen molar-refractivity contribution in [3.8, 4) is 5.75 Å². The number of rotatable bonds is 4. The van der Waals surface area contributed by atoms with Gasteiger partial charge in [0.15, 0.2) is 0 Å². The number of hydrogen-bond donors (Lipinski definition) is 0. The summed E-state index contributed by atoms with van der Waals surface area (Å²) in [6.45, 7) is 4.30. The molecule has 0 bridgehead atoms. The fourth-order valence-electron chi connectivity index (χ4n) is 1.93. The monoisotopic (exact) mass is 204 g/mol. The van der Waals surface area contributed by atoms with Gasteiger partial charge in [0.1, 0.15) is 12.4 Å². The Morgan fingerprint density at radius 1 is 1.20 bits per heavy atom. The van der Waals surface area contributed by atoms with Crippen LogP contribution in [0.4, 0.5) is 0 Å². The number of para-hydroxylation sites is 1. The molecule has 0 saturated carbocycles. The van der Waals surface area contributed by atoms with Crippen LogP contribution in [0.1, 0.15) is 19.3 Å². The molecule has 1 fully saturated rings. The van der Waals surface area contributed by atoms with Crippen LogP contribution < -0.4 is 4.74 Å². The third kappa shape index (κ3) is 3.56. The van der Waals surface area contributed by atoms with Gasteiger partial charge in [-0.05, 0) is 32.0 Å². The van der Waals surface area contributed by atoms with E-state index in [0.717, 1.165) is 18.9 Å². The van der Waals surface area contributed by atoms with Crippen LogP contribution >= 0.6 is 0 Å². The second kappa shape index (κ2) is 5.76. The van der Waals surface area contributed by atoms with E-state index in [0.29, 0.717) is 0 Å². The molecule has 1 aromatic rings. The first-order valence-electron chi connectivity index (χ1n) is 5.77. The summed E-state index contributed by atoms with van der Waals surface area (Å²) in [5, 5.41) is 0. The molecule has 0 unspecified atom stereocenters. The van der Waals surface area contributed by atoms with Gasteiger partial charge in [-0.1, -0.05) is 24.6 Å². The van der Waals surface area contributed by atoms with Crippen LogP contribution in [0.25, 0.3) is 0 Å². The van der Waals surface area contributed by atoms with Crippen LogP contribution in [0, 0.1) is 6.07 Å². The van der Waals surface area contributed by atoms with Gasteiger partial charge < -0.3 is 4.74 Å². The molecule has 0 amide bonds. The third-order valence-electron chi connectivity index (χ3n) is 2.79. The van der Waals surface area contributed by atoms with Crippen LogP contribution in [0.5, 0.6) is 5.75 Å². The number of nitrogens with zero attached hydrogens (tertiary/aromatic N) is 1. The number of likely N-dealkylation sites (tertiary alicyclic amines) is 1. The largest absolute Gasteiger partial charge is 0.492 e. The van der Waals surface area contributed by atoms with Crippen LogP contribution in [-0.2, 0) is 0 Å². The maximum absolute atomic E-state index is 5.61. The van der Waals surface area contributed by atoms with Gasteiger partial charge in [0.25, 0.3) is 0 Å². The molecular weight excluding hydrogens is 186 g/mol. The van der Waals surface area contributed by atoms with E-state index in [2.05, 4.69) is 11.0 Å². The van der Waals surface area contributed by atoms with Gasteiger partial charge in [-0.25, -0.2) is 0 Å². The smallest absolute Gasteiger partial charge is 0.127 e. The molecule has 2 nitrogen and oxygen atoms in total. The Bertz CT molecular complexity index is 267. The Kier molecular flexibility index (Phi) is 4.03. The standard InChI is InChI=1S/C13H18NO/c1-3-7-13(8-4-1)15-12-11-14-9-5-2-6-10-14/h1,3-4,7H,2,5-6,9-12H2. The average molecular weight is 204 g/mol. The summed E-state index contributed by atoms with van der Waals surface area (Å²) in [4.78, 5) is 2.48. The van der Waals surface area contributed by atoms with Crippen molar-refractivity contribution in [2.75, 3.05) is 26.2 Å². The lowest BCUT2D eigenvalue weighted by Crippen LogP contribution is -2.33. The number of piperidine rings is 1. The highest BCUT2D eigenvalue weighted by Crippen LogP contribution is 2.10. The van der Waals surface area contributed by atoms with E-state index in [-0.39, 0.29) is 0 Å². The quantitative estimate of drug-likeness (QED) is 0.746. The molecule has 81 valence electrons. The normalized spacial score (nSPS) is 17.6. The predicted molar refractivity (Wildman–Crippen MR) is 61.1 cm³/mol. The number of benzene rings is 1. The molecule has 1 radical (unpaired) electrons. The van der Waals surface area contributed by atoms with E-state index < -0.39 is 0 Å². The molecule has 1 heterocycles. The van der Waals surface area contributed by atoms with E-state index in [1.54, 1.807) is 0 Å². The van der Waals surface area contributed by atoms with Crippen molar-refractivity contribution in [3.63, 3.8) is 0 Å². The van der Waals surface area contributed by atoms with Gasteiger partial charge in [0.05, 0.1) is 0 Å². The van der Waals surface area contributed by atoms with E-state index >= 15 is 0 Å². The fraction of sp³-hybridized carbons (Fsp3) is 0.538. The van der Waals surface area contributed by atoms with Crippen molar-refractivity contribution in [1.29, 1.82) is 0 Å². The molecular formula is C13H18NO. The van der Waals surface area contributed by atoms with E-state index in [1.807, 2.05) is 24.3 Å². The van der Waals surface area contributed by atoms with Crippen LogP contribution in [-0.4, -0.2) is 31.1 Å². The summed E-state index contributed by atoms with van der Waals surface area (Å²) in [5.41, 5.74) is 0. The predicted octanol–water partition coefficient (Wildman–Crippen LogP) is 2.35. The Morgan fingerprint density at radius 2 is 2.07 bits per heavy atom. The van der Waals surface area contributed by atoms with E-state index in [1.165, 1.54) is 32.4 Å². The lowest BCUT2D eigenvalue weighted by atomic mass is 10.1. The van der Waals surface area contributed by atoms with Crippen molar-refractivity contribution in [2.24, 2.45) is 0 Å². The van der Waals surface area contributed by atoms with Crippen LogP contribution in [0.2, 0.25) is 0 Å². The summed E-state index contributed by atoms with van der Waals surface area (Å²) in [6, 6.07) is 10.8. The highest BCUT2D eigenvalue weighted by atomic mass is 16.5. The first kappa shape index (κ1) is 10.5. The zero-order valence-corrected chi connectivity index (χ0v) is 9.11. The average Bonchev–Trinajstić information content (AvgIpc) is 2.32. The van der Waals surface area contributed by atoms with E-state index in [4.69, 9.17) is 4.74 Å². The fourth-order valence-corrected chi connectivity index (χ4v) is 1.93. The van der Waals surface area contributed by atoms with Crippen LogP contribution in [0.15, 0.2) is 24.3 Å². The maximum Gasteiger partial charge on any atom is 0.127 e. The van der Waals surface area contributed by atoms with Crippen molar-refractivity contribution in [1.82, 2.24) is 4.90 Å². The zero-order valence-electron chi connectivity index (χ0n) is 9.11. The minimum absolute atomic E-state index is 0.778. The highest BCUT2D eigenvalue weighted by molar-refractivity contribution is 5.19. The molecule has 0 aromatic heterocycles. The molecule has 15 heavy (non-hydrogen) atoms. The molecule has 0 spiro atoms. The minimum atomic E-state index is 0.778. The maximum atomic E-state index is 5.61. The van der Waals surface area contributed by atoms with Crippen molar-refractivity contribution in [3.05, 3.63) is 30.3 Å². The van der Waals surface area contributed by atoms with Crippen molar-refractivity contribution in [2.45, 2.75) is 19.3 Å². The Morgan fingerprint density at radius 3 is 2.80 bits per heavy atom. The first-order chi connectivity index (χ1) is 7.45. The van der Waals surface area contributed by atoms with Crippen molar-refractivity contribution >= 4 is 0 Å². The molecule has 1 aliphatic rings. The SMILES string of the molecule is [c]1ccccc1OCCN1CCCCC1. The first-order valence-corrected chi connectivity index (χ1v) is 5.77. The Hall–Kier alpha value is -1.02. The minimum Gasteiger partial charge on any atom is -0.492 e.